The smallest absolute Gasteiger partial charge is 0.378 e. The highest BCUT2D eigenvalue weighted by Gasteiger charge is 2.32. The maximum Gasteiger partial charge on any atom is 0.416 e. The van der Waals surface area contributed by atoms with Gasteiger partial charge in [-0.05, 0) is 58.7 Å². The van der Waals surface area contributed by atoms with Crippen LogP contribution < -0.4 is 4.90 Å². The molecule has 50 heavy (non-hydrogen) atoms. The van der Waals surface area contributed by atoms with E-state index in [-0.39, 0.29) is 25.5 Å². The van der Waals surface area contributed by atoms with Crippen molar-refractivity contribution in [3.63, 3.8) is 0 Å². The van der Waals surface area contributed by atoms with Crippen LogP contribution >= 0.6 is 0 Å². The number of hydrogen-bond donors (Lipinski definition) is 0. The zero-order valence-corrected chi connectivity index (χ0v) is 28.0. The predicted octanol–water partition coefficient (Wildman–Crippen LogP) is 6.27. The van der Waals surface area contributed by atoms with Crippen LogP contribution in [0.4, 0.5) is 18.9 Å². The molecule has 1 atom stereocenters. The van der Waals surface area contributed by atoms with Crippen molar-refractivity contribution in [2.75, 3.05) is 51.4 Å². The van der Waals surface area contributed by atoms with Gasteiger partial charge in [-0.3, -0.25) is 14.6 Å². The highest BCUT2D eigenvalue weighted by atomic mass is 19.4. The van der Waals surface area contributed by atoms with E-state index >= 15 is 0 Å². The van der Waals surface area contributed by atoms with Crippen LogP contribution in [0.25, 0.3) is 6.08 Å². The zero-order valence-electron chi connectivity index (χ0n) is 28.0. The molecule has 1 aromatic heterocycles. The van der Waals surface area contributed by atoms with Crippen molar-refractivity contribution in [3.05, 3.63) is 137 Å². The second-order valence-corrected chi connectivity index (χ2v) is 12.1. The lowest BCUT2D eigenvalue weighted by Gasteiger charge is -2.33. The van der Waals surface area contributed by atoms with Crippen molar-refractivity contribution in [3.8, 4) is 0 Å². The van der Waals surface area contributed by atoms with E-state index in [4.69, 9.17) is 9.47 Å². The second-order valence-electron chi connectivity index (χ2n) is 12.1. The van der Waals surface area contributed by atoms with E-state index in [2.05, 4.69) is 9.88 Å². The quantitative estimate of drug-likeness (QED) is 0.115. The SMILES string of the molecule is CN(CCOCc1cccnc1)C(=O)C(Cc1ccccc1)N(Cc1ccc(N2CCOCC2)cc1)C(=O)C=Cc1ccc(C(F)(F)F)cc1. The maximum atomic E-state index is 14.2. The molecule has 2 amide bonds. The van der Waals surface area contributed by atoms with Gasteiger partial charge in [-0.2, -0.15) is 13.2 Å². The van der Waals surface area contributed by atoms with Gasteiger partial charge in [0.2, 0.25) is 11.8 Å². The highest BCUT2D eigenvalue weighted by Crippen LogP contribution is 2.29. The number of aromatic nitrogens is 1. The number of benzene rings is 3. The Morgan fingerprint density at radius 2 is 1.62 bits per heavy atom. The first-order chi connectivity index (χ1) is 24.2. The lowest BCUT2D eigenvalue weighted by Crippen LogP contribution is -2.51. The van der Waals surface area contributed by atoms with Crippen LogP contribution in [-0.2, 0) is 44.8 Å². The van der Waals surface area contributed by atoms with Crippen LogP contribution in [0.3, 0.4) is 0 Å². The Bertz CT molecular complexity index is 1680. The van der Waals surface area contributed by atoms with Crippen LogP contribution in [-0.4, -0.2) is 79.1 Å². The van der Waals surface area contributed by atoms with Gasteiger partial charge in [-0.1, -0.05) is 60.7 Å². The summed E-state index contributed by atoms with van der Waals surface area (Å²) < 4.78 is 50.7. The molecule has 1 saturated heterocycles. The second kappa shape index (κ2) is 17.6. The number of carbonyl (C=O) groups is 2. The number of likely N-dealkylation sites (N-methyl/N-ethyl adjacent to an activating group) is 1. The average molecular weight is 687 g/mol. The Labute approximate surface area is 290 Å². The fraction of sp³-hybridized carbons (Fsp3) is 0.308. The first-order valence-corrected chi connectivity index (χ1v) is 16.5. The summed E-state index contributed by atoms with van der Waals surface area (Å²) in [5.74, 6) is -0.710. The number of nitrogens with zero attached hydrogens (tertiary/aromatic N) is 4. The maximum absolute atomic E-state index is 14.2. The minimum atomic E-state index is -4.47. The number of anilines is 1. The van der Waals surface area contributed by atoms with Gasteiger partial charge in [-0.15, -0.1) is 0 Å². The van der Waals surface area contributed by atoms with E-state index in [1.165, 1.54) is 29.2 Å². The van der Waals surface area contributed by atoms with Gasteiger partial charge in [-0.25, -0.2) is 0 Å². The summed E-state index contributed by atoms with van der Waals surface area (Å²) in [5.41, 5.74) is 3.31. The third-order valence-corrected chi connectivity index (χ3v) is 8.48. The molecule has 8 nitrogen and oxygen atoms in total. The van der Waals surface area contributed by atoms with E-state index in [9.17, 15) is 22.8 Å². The van der Waals surface area contributed by atoms with Gasteiger partial charge < -0.3 is 24.2 Å². The van der Waals surface area contributed by atoms with E-state index in [1.807, 2.05) is 66.7 Å². The molecule has 5 rings (SSSR count). The van der Waals surface area contributed by atoms with Crippen LogP contribution in [0.1, 0.15) is 27.8 Å². The van der Waals surface area contributed by atoms with Crippen LogP contribution in [0.15, 0.2) is 109 Å². The predicted molar refractivity (Wildman–Crippen MR) is 186 cm³/mol. The standard InChI is InChI=1S/C39H41F3N4O4/c1-44(20-23-50-29-33-8-5-19-43-27-33)38(48)36(26-31-6-3-2-4-7-31)46(28-32-11-16-35(17-12-32)45-21-24-49-25-22-45)37(47)18-13-30-9-14-34(15-10-30)39(40,41)42/h2-19,27,36H,20-26,28-29H2,1H3. The molecular formula is C39H41F3N4O4. The summed E-state index contributed by atoms with van der Waals surface area (Å²) in [6.45, 7) is 3.93. The number of carbonyl (C=O) groups excluding carboxylic acids is 2. The molecule has 3 aromatic carbocycles. The number of halogens is 3. The molecule has 262 valence electrons. The van der Waals surface area contributed by atoms with E-state index < -0.39 is 23.7 Å². The van der Waals surface area contributed by atoms with Gasteiger partial charge in [0.15, 0.2) is 0 Å². The van der Waals surface area contributed by atoms with E-state index in [1.54, 1.807) is 24.3 Å². The first-order valence-electron chi connectivity index (χ1n) is 16.5. The molecular weight excluding hydrogens is 645 g/mol. The van der Waals surface area contributed by atoms with Crippen molar-refractivity contribution in [1.29, 1.82) is 0 Å². The molecule has 2 heterocycles. The summed E-state index contributed by atoms with van der Waals surface area (Å²) in [4.78, 5) is 37.7. The minimum absolute atomic E-state index is 0.133. The molecule has 1 unspecified atom stereocenters. The third kappa shape index (κ3) is 10.5. The van der Waals surface area contributed by atoms with Gasteiger partial charge in [0.25, 0.3) is 0 Å². The van der Waals surface area contributed by atoms with Crippen LogP contribution in [0, 0.1) is 0 Å². The lowest BCUT2D eigenvalue weighted by atomic mass is 10.0. The Morgan fingerprint density at radius 1 is 0.920 bits per heavy atom. The number of ether oxygens (including phenoxy) is 2. The Hall–Kier alpha value is -5.00. The highest BCUT2D eigenvalue weighted by molar-refractivity contribution is 5.95. The van der Waals surface area contributed by atoms with Gasteiger partial charge in [0.1, 0.15) is 6.04 Å². The molecule has 11 heteroatoms. The summed E-state index contributed by atoms with van der Waals surface area (Å²) >= 11 is 0. The molecule has 0 aliphatic carbocycles. The van der Waals surface area contributed by atoms with Gasteiger partial charge in [0.05, 0.1) is 32.0 Å². The van der Waals surface area contributed by atoms with Crippen molar-refractivity contribution in [1.82, 2.24) is 14.8 Å². The van der Waals surface area contributed by atoms with Crippen molar-refractivity contribution in [2.24, 2.45) is 0 Å². The molecule has 4 aromatic rings. The average Bonchev–Trinajstić information content (AvgIpc) is 3.14. The lowest BCUT2D eigenvalue weighted by molar-refractivity contribution is -0.143. The summed E-state index contributed by atoms with van der Waals surface area (Å²) in [5, 5.41) is 0. The molecule has 0 bridgehead atoms. The van der Waals surface area contributed by atoms with E-state index in [0.29, 0.717) is 31.9 Å². The van der Waals surface area contributed by atoms with Crippen molar-refractivity contribution in [2.45, 2.75) is 31.8 Å². The number of pyridine rings is 1. The topological polar surface area (TPSA) is 75.2 Å². The molecule has 0 N–H and O–H groups in total. The van der Waals surface area contributed by atoms with Gasteiger partial charge >= 0.3 is 6.18 Å². The molecule has 1 aliphatic heterocycles. The molecule has 1 aliphatic rings. The van der Waals surface area contributed by atoms with Gasteiger partial charge in [0, 0.05) is 63.8 Å². The minimum Gasteiger partial charge on any atom is -0.378 e. The number of amides is 2. The summed E-state index contributed by atoms with van der Waals surface area (Å²) in [7, 11) is 1.69. The number of morpholine rings is 1. The monoisotopic (exact) mass is 686 g/mol. The molecule has 0 radical (unpaired) electrons. The largest absolute Gasteiger partial charge is 0.416 e. The molecule has 0 saturated carbocycles. The Kier molecular flexibility index (Phi) is 12.8. The fourth-order valence-electron chi connectivity index (χ4n) is 5.63. The first kappa shape index (κ1) is 36.3. The van der Waals surface area contributed by atoms with Crippen LogP contribution in [0.5, 0.6) is 0 Å². The normalized spacial score (nSPS) is 14.0. The summed E-state index contributed by atoms with van der Waals surface area (Å²) in [6.07, 6.45) is 1.98. The summed E-state index contributed by atoms with van der Waals surface area (Å²) in [6, 6.07) is 24.8. The fourth-order valence-corrected chi connectivity index (χ4v) is 5.63. The number of alkyl halides is 3. The Balaban J connectivity index is 1.39. The van der Waals surface area contributed by atoms with Crippen molar-refractivity contribution < 1.29 is 32.2 Å². The number of hydrogen-bond acceptors (Lipinski definition) is 6. The zero-order chi connectivity index (χ0) is 35.3. The Morgan fingerprint density at radius 3 is 2.28 bits per heavy atom. The molecule has 1 fully saturated rings. The third-order valence-electron chi connectivity index (χ3n) is 8.48. The van der Waals surface area contributed by atoms with Crippen LogP contribution in [0.2, 0.25) is 0 Å². The van der Waals surface area contributed by atoms with Crippen molar-refractivity contribution >= 4 is 23.6 Å². The van der Waals surface area contributed by atoms with E-state index in [0.717, 1.165) is 47.6 Å². The number of rotatable bonds is 14. The molecule has 0 spiro atoms.